The number of sulfonamides is 1. The number of aliphatic carboxylic acids is 1. The molecule has 1 fully saturated rings. The lowest BCUT2D eigenvalue weighted by molar-refractivity contribution is -0.142. The molecule has 0 saturated carbocycles. The SMILES string of the molecule is C[C@@H]1CN(S(=O)(=O)c2cc3c(cc2F)NC(=O)CC3)C[C@H]1C(=O)O. The van der Waals surface area contributed by atoms with Gasteiger partial charge in [0.25, 0.3) is 0 Å². The van der Waals surface area contributed by atoms with E-state index < -0.39 is 32.6 Å². The Kier molecular flexibility index (Phi) is 4.08. The van der Waals surface area contributed by atoms with Crippen molar-refractivity contribution in [3.63, 3.8) is 0 Å². The van der Waals surface area contributed by atoms with E-state index in [9.17, 15) is 22.4 Å². The quantitative estimate of drug-likeness (QED) is 0.843. The molecule has 2 N–H and O–H groups in total. The molecule has 7 nitrogen and oxygen atoms in total. The van der Waals surface area contributed by atoms with Gasteiger partial charge in [0.2, 0.25) is 15.9 Å². The predicted molar refractivity (Wildman–Crippen MR) is 82.4 cm³/mol. The molecule has 1 aromatic carbocycles. The van der Waals surface area contributed by atoms with Gasteiger partial charge in [-0.25, -0.2) is 12.8 Å². The molecular formula is C15H17FN2O5S. The second-order valence-electron chi connectivity index (χ2n) is 6.23. The molecule has 0 aromatic heterocycles. The molecule has 0 bridgehead atoms. The van der Waals surface area contributed by atoms with E-state index in [1.807, 2.05) is 0 Å². The molecule has 1 amide bonds. The number of carbonyl (C=O) groups excluding carboxylic acids is 1. The van der Waals surface area contributed by atoms with E-state index >= 15 is 0 Å². The Morgan fingerprint density at radius 3 is 2.67 bits per heavy atom. The van der Waals surface area contributed by atoms with Crippen molar-refractivity contribution in [1.82, 2.24) is 4.31 Å². The normalized spacial score (nSPS) is 24.5. The van der Waals surface area contributed by atoms with Crippen molar-refractivity contribution in [2.24, 2.45) is 11.8 Å². The Bertz CT molecular complexity index is 823. The van der Waals surface area contributed by atoms with Crippen molar-refractivity contribution < 1.29 is 27.5 Å². The Hall–Kier alpha value is -2.00. The average molecular weight is 356 g/mol. The zero-order valence-corrected chi connectivity index (χ0v) is 13.8. The number of benzene rings is 1. The smallest absolute Gasteiger partial charge is 0.308 e. The van der Waals surface area contributed by atoms with Crippen LogP contribution in [0.1, 0.15) is 18.9 Å². The third-order valence-corrected chi connectivity index (χ3v) is 6.41. The molecule has 2 heterocycles. The highest BCUT2D eigenvalue weighted by atomic mass is 32.2. The molecule has 2 aliphatic rings. The van der Waals surface area contributed by atoms with E-state index in [2.05, 4.69) is 5.32 Å². The number of nitrogens with one attached hydrogen (secondary N) is 1. The van der Waals surface area contributed by atoms with Crippen LogP contribution in [0.4, 0.5) is 10.1 Å². The van der Waals surface area contributed by atoms with E-state index in [4.69, 9.17) is 5.11 Å². The van der Waals surface area contributed by atoms with Crippen LogP contribution in [0.15, 0.2) is 17.0 Å². The molecule has 24 heavy (non-hydrogen) atoms. The molecule has 0 aliphatic carbocycles. The number of fused-ring (bicyclic) bond motifs is 1. The first-order valence-corrected chi connectivity index (χ1v) is 8.99. The highest BCUT2D eigenvalue weighted by molar-refractivity contribution is 7.89. The molecule has 2 aliphatic heterocycles. The molecule has 0 unspecified atom stereocenters. The third kappa shape index (κ3) is 2.78. The van der Waals surface area contributed by atoms with E-state index in [0.29, 0.717) is 12.0 Å². The van der Waals surface area contributed by atoms with Crippen LogP contribution in [0.25, 0.3) is 0 Å². The van der Waals surface area contributed by atoms with Gasteiger partial charge in [0.05, 0.1) is 5.92 Å². The van der Waals surface area contributed by atoms with Crippen molar-refractivity contribution in [2.45, 2.75) is 24.7 Å². The van der Waals surface area contributed by atoms with Crippen molar-refractivity contribution in [2.75, 3.05) is 18.4 Å². The van der Waals surface area contributed by atoms with E-state index in [-0.39, 0.29) is 37.0 Å². The summed E-state index contributed by atoms with van der Waals surface area (Å²) in [6.07, 6.45) is 0.540. The summed E-state index contributed by atoms with van der Waals surface area (Å²) < 4.78 is 40.8. The maximum atomic E-state index is 14.3. The molecule has 130 valence electrons. The number of amides is 1. The van der Waals surface area contributed by atoms with Gasteiger partial charge in [0.1, 0.15) is 10.7 Å². The fraction of sp³-hybridized carbons (Fsp3) is 0.467. The number of nitrogens with zero attached hydrogens (tertiary/aromatic N) is 1. The Morgan fingerprint density at radius 2 is 2.04 bits per heavy atom. The van der Waals surface area contributed by atoms with Gasteiger partial charge in [-0.05, 0) is 30.0 Å². The molecule has 2 atom stereocenters. The lowest BCUT2D eigenvalue weighted by Gasteiger charge is -2.21. The molecule has 0 radical (unpaired) electrons. The highest BCUT2D eigenvalue weighted by Gasteiger charge is 2.41. The van der Waals surface area contributed by atoms with Crippen molar-refractivity contribution >= 4 is 27.6 Å². The lowest BCUT2D eigenvalue weighted by Crippen LogP contribution is -2.31. The van der Waals surface area contributed by atoms with Gasteiger partial charge in [-0.2, -0.15) is 4.31 Å². The number of carboxylic acid groups (broad SMARTS) is 1. The van der Waals surface area contributed by atoms with Crippen LogP contribution in [0, 0.1) is 17.7 Å². The first-order valence-electron chi connectivity index (χ1n) is 7.55. The molecule has 9 heteroatoms. The number of halogens is 1. The van der Waals surface area contributed by atoms with Gasteiger partial charge in [-0.1, -0.05) is 6.92 Å². The number of hydrogen-bond donors (Lipinski definition) is 2. The number of carboxylic acids is 1. The monoisotopic (exact) mass is 356 g/mol. The van der Waals surface area contributed by atoms with Gasteiger partial charge < -0.3 is 10.4 Å². The summed E-state index contributed by atoms with van der Waals surface area (Å²) >= 11 is 0. The predicted octanol–water partition coefficient (Wildman–Crippen LogP) is 1.05. The standard InChI is InChI=1S/C15H17FN2O5S/c1-8-6-18(7-10(8)15(20)21)24(22,23)13-4-9-2-3-14(19)17-12(9)5-11(13)16/h4-5,8,10H,2-3,6-7H2,1H3,(H,17,19)(H,20,21)/t8-,10-/m1/s1. The maximum Gasteiger partial charge on any atom is 0.308 e. The van der Waals surface area contributed by atoms with E-state index in [1.54, 1.807) is 6.92 Å². The van der Waals surface area contributed by atoms with Crippen LogP contribution in [0.2, 0.25) is 0 Å². The molecule has 1 saturated heterocycles. The minimum Gasteiger partial charge on any atom is -0.481 e. The summed E-state index contributed by atoms with van der Waals surface area (Å²) in [7, 11) is -4.13. The van der Waals surface area contributed by atoms with Crippen LogP contribution >= 0.6 is 0 Å². The van der Waals surface area contributed by atoms with Gasteiger partial charge in [-0.3, -0.25) is 9.59 Å². The Morgan fingerprint density at radius 1 is 1.33 bits per heavy atom. The van der Waals surface area contributed by atoms with Crippen LogP contribution in [-0.2, 0) is 26.0 Å². The zero-order chi connectivity index (χ0) is 17.6. The van der Waals surface area contributed by atoms with Crippen LogP contribution < -0.4 is 5.32 Å². The van der Waals surface area contributed by atoms with Gasteiger partial charge in [0, 0.05) is 25.2 Å². The first kappa shape index (κ1) is 16.8. The van der Waals surface area contributed by atoms with E-state index in [0.717, 1.165) is 10.4 Å². The molecule has 1 aromatic rings. The number of aryl methyl sites for hydroxylation is 1. The molecular weight excluding hydrogens is 339 g/mol. The number of anilines is 1. The maximum absolute atomic E-state index is 14.3. The van der Waals surface area contributed by atoms with Crippen LogP contribution in [0.3, 0.4) is 0 Å². The van der Waals surface area contributed by atoms with Gasteiger partial charge in [-0.15, -0.1) is 0 Å². The third-order valence-electron chi connectivity index (χ3n) is 4.57. The minimum absolute atomic E-state index is 0.0343. The van der Waals surface area contributed by atoms with Crippen LogP contribution in [-0.4, -0.2) is 42.8 Å². The van der Waals surface area contributed by atoms with Crippen molar-refractivity contribution in [3.05, 3.63) is 23.5 Å². The lowest BCUT2D eigenvalue weighted by atomic mass is 9.99. The summed E-state index contributed by atoms with van der Waals surface area (Å²) in [5.41, 5.74) is 0.831. The largest absolute Gasteiger partial charge is 0.481 e. The fourth-order valence-electron chi connectivity index (χ4n) is 3.16. The number of rotatable bonds is 3. The van der Waals surface area contributed by atoms with E-state index in [1.165, 1.54) is 6.07 Å². The second-order valence-corrected chi connectivity index (χ2v) is 8.14. The average Bonchev–Trinajstić information content (AvgIpc) is 2.89. The van der Waals surface area contributed by atoms with Gasteiger partial charge in [0.15, 0.2) is 0 Å². The summed E-state index contributed by atoms with van der Waals surface area (Å²) in [4.78, 5) is 22.0. The van der Waals surface area contributed by atoms with Crippen molar-refractivity contribution in [1.29, 1.82) is 0 Å². The summed E-state index contributed by atoms with van der Waals surface area (Å²) in [5, 5.41) is 11.7. The Labute approximate surface area is 138 Å². The zero-order valence-electron chi connectivity index (χ0n) is 13.0. The summed E-state index contributed by atoms with van der Waals surface area (Å²) in [6.45, 7) is 1.52. The second kappa shape index (κ2) is 5.82. The van der Waals surface area contributed by atoms with Gasteiger partial charge >= 0.3 is 5.97 Å². The highest BCUT2D eigenvalue weighted by Crippen LogP contribution is 2.33. The molecule has 0 spiro atoms. The number of carbonyl (C=O) groups is 2. The number of hydrogen-bond acceptors (Lipinski definition) is 4. The first-order chi connectivity index (χ1) is 11.2. The minimum atomic E-state index is -4.13. The topological polar surface area (TPSA) is 104 Å². The Balaban J connectivity index is 1.96. The van der Waals surface area contributed by atoms with Crippen LogP contribution in [0.5, 0.6) is 0 Å². The molecule has 3 rings (SSSR count). The van der Waals surface area contributed by atoms with Crippen molar-refractivity contribution in [3.8, 4) is 0 Å². The summed E-state index contributed by atoms with van der Waals surface area (Å²) in [6, 6.07) is 2.24. The summed E-state index contributed by atoms with van der Waals surface area (Å²) in [5.74, 6) is -3.41. The fourth-order valence-corrected chi connectivity index (χ4v) is 4.82.